The Bertz CT molecular complexity index is 845. The monoisotopic (exact) mass is 1260 g/mol. The number of fused-ring (bicyclic) bond motifs is 2. The maximum Gasteiger partial charge on any atom is 0.0949 e. The molecule has 0 fully saturated rings. The molecule has 0 unspecified atom stereocenters. The summed E-state index contributed by atoms with van der Waals surface area (Å²) in [6.45, 7) is 0. The van der Waals surface area contributed by atoms with Crippen LogP contribution in [0.15, 0.2) is 24.3 Å². The van der Waals surface area contributed by atoms with E-state index in [0.29, 0.717) is 19.3 Å². The predicted octanol–water partition coefficient (Wildman–Crippen LogP) is 14.3. The second-order valence-corrected chi connectivity index (χ2v) is 23.2. The fraction of sp³-hybridized carbons (Fsp3) is 0.400. The molecule has 2 aliphatic carbocycles. The Hall–Kier alpha value is 4.69. The van der Waals surface area contributed by atoms with Crippen LogP contribution in [0, 0.1) is 0 Å². The zero-order valence-electron chi connectivity index (χ0n) is 15.8. The van der Waals surface area contributed by atoms with E-state index in [2.05, 4.69) is 215 Å². The second kappa shape index (κ2) is 14.5. The van der Waals surface area contributed by atoms with Crippen molar-refractivity contribution in [3.63, 3.8) is 0 Å². The van der Waals surface area contributed by atoms with Gasteiger partial charge in [0.1, 0.15) is 0 Å². The van der Waals surface area contributed by atoms with Crippen LogP contribution in [0.5, 0.6) is 0 Å². The van der Waals surface area contributed by atoms with E-state index in [1.54, 1.807) is 0 Å². The van der Waals surface area contributed by atoms with Gasteiger partial charge in [-0.3, -0.25) is 0 Å². The third kappa shape index (κ3) is 7.51. The van der Waals surface area contributed by atoms with Crippen molar-refractivity contribution in [3.8, 4) is 0 Å². The Labute approximate surface area is 305 Å². The number of hydrogen-bond donors (Lipinski definition) is 0. The van der Waals surface area contributed by atoms with Gasteiger partial charge in [0.2, 0.25) is 0 Å². The maximum absolute atomic E-state index is 3.67. The number of alkyl halides is 12. The molecule has 13 heteroatoms. The zero-order chi connectivity index (χ0) is 24.1. The van der Waals surface area contributed by atoms with Gasteiger partial charge in [0.15, 0.2) is 0 Å². The fourth-order valence-corrected chi connectivity index (χ4v) is 9.38. The topological polar surface area (TPSA) is 0 Å². The summed E-state index contributed by atoms with van der Waals surface area (Å²) < 4.78 is 0.419. The van der Waals surface area contributed by atoms with Crippen molar-refractivity contribution in [2.45, 2.75) is 34.3 Å². The third-order valence-electron chi connectivity index (χ3n) is 5.22. The summed E-state index contributed by atoms with van der Waals surface area (Å²) in [5, 5.41) is 0. The molecule has 0 saturated carbocycles. The minimum atomic E-state index is 0. The standard InChI is InChI=1S/C10H6Br8.C10H6Br4.Ni/c11-7(12)3-1-4(8(13)14)6(10(17)18)2-5(3)9(15)16;11-7-3-1-4-6(10(14)8(4)12)2-5(3)9(7)13;/h1-2,7-10H;1-2,7-10H;/t;7-,8-,9-,10-;/m.1./s1. The van der Waals surface area contributed by atoms with Crippen LogP contribution in [0.4, 0.5) is 0 Å². The molecule has 0 nitrogen and oxygen atoms in total. The number of rotatable bonds is 4. The molecule has 0 radical (unpaired) electrons. The van der Waals surface area contributed by atoms with E-state index in [1.165, 1.54) is 44.5 Å². The van der Waals surface area contributed by atoms with Crippen molar-refractivity contribution in [3.05, 3.63) is 68.8 Å². The van der Waals surface area contributed by atoms with Gasteiger partial charge in [-0.15, -0.1) is 0 Å². The second-order valence-electron chi connectivity index (χ2n) is 7.03. The summed E-state index contributed by atoms with van der Waals surface area (Å²) in [5.74, 6) is 0. The van der Waals surface area contributed by atoms with Crippen molar-refractivity contribution in [2.24, 2.45) is 0 Å². The summed E-state index contributed by atoms with van der Waals surface area (Å²) in [6, 6.07) is 8.97. The molecule has 33 heavy (non-hydrogen) atoms. The quantitative estimate of drug-likeness (QED) is 0.211. The molecule has 4 atom stereocenters. The number of hydrogen-bond acceptors (Lipinski definition) is 0. The molecule has 2 aromatic rings. The molecule has 0 aliphatic heterocycles. The van der Waals surface area contributed by atoms with Crippen LogP contribution in [-0.2, 0) is 16.5 Å². The van der Waals surface area contributed by atoms with E-state index < -0.39 is 0 Å². The largest absolute Gasteiger partial charge is 0.0949 e. The van der Waals surface area contributed by atoms with Gasteiger partial charge in [-0.2, -0.15) is 0 Å². The molecule has 2 aromatic carbocycles. The summed E-state index contributed by atoms with van der Waals surface area (Å²) in [6.07, 6.45) is 0. The predicted molar refractivity (Wildman–Crippen MR) is 182 cm³/mol. The molecule has 0 spiro atoms. The molecule has 0 bridgehead atoms. The summed E-state index contributed by atoms with van der Waals surface area (Å²) in [4.78, 5) is 1.93. The van der Waals surface area contributed by atoms with E-state index in [4.69, 9.17) is 0 Å². The molecular formula is C20H12Br12Ni. The van der Waals surface area contributed by atoms with Gasteiger partial charge in [0.25, 0.3) is 0 Å². The summed E-state index contributed by atoms with van der Waals surface area (Å²) >= 11 is 43.2. The summed E-state index contributed by atoms with van der Waals surface area (Å²) in [7, 11) is 0. The Morgan fingerprint density at radius 1 is 0.394 bits per heavy atom. The van der Waals surface area contributed by atoms with Crippen molar-refractivity contribution in [1.29, 1.82) is 0 Å². The first-order valence-corrected chi connectivity index (χ1v) is 19.9. The Morgan fingerprint density at radius 3 is 0.727 bits per heavy atom. The molecule has 0 amide bonds. The number of benzene rings is 2. The normalized spacial score (nSPS) is 22.8. The van der Waals surface area contributed by atoms with Crippen molar-refractivity contribution in [2.75, 3.05) is 0 Å². The SMILES string of the molecule is BrC(Br)c1cc(C(Br)Br)c(C(Br)Br)cc1C(Br)Br.Br[C@@H]1c2cc3c(cc2[C@H]1Br)[C@@H](Br)[C@@H]3Br.[Ni]. The van der Waals surface area contributed by atoms with Gasteiger partial charge in [-0.25, -0.2) is 0 Å². The van der Waals surface area contributed by atoms with Crippen molar-refractivity contribution < 1.29 is 16.5 Å². The van der Waals surface area contributed by atoms with E-state index in [9.17, 15) is 0 Å². The van der Waals surface area contributed by atoms with Gasteiger partial charge >= 0.3 is 0 Å². The molecule has 4 rings (SSSR count). The van der Waals surface area contributed by atoms with Crippen LogP contribution in [0.3, 0.4) is 0 Å². The molecule has 0 aromatic heterocycles. The molecule has 0 saturated heterocycles. The summed E-state index contributed by atoms with van der Waals surface area (Å²) in [5.41, 5.74) is 10.5. The average molecular weight is 1270 g/mol. The van der Waals surface area contributed by atoms with Crippen LogP contribution in [0.1, 0.15) is 78.8 Å². The van der Waals surface area contributed by atoms with Gasteiger partial charge in [0, 0.05) is 16.5 Å². The van der Waals surface area contributed by atoms with Crippen molar-refractivity contribution >= 4 is 191 Å². The van der Waals surface area contributed by atoms with Crippen LogP contribution >= 0.6 is 191 Å². The van der Waals surface area contributed by atoms with E-state index in [0.717, 1.165) is 0 Å². The van der Waals surface area contributed by atoms with Gasteiger partial charge in [0.05, 0.1) is 34.3 Å². The number of halogens is 12. The first-order chi connectivity index (χ1) is 14.9. The minimum Gasteiger partial charge on any atom is -0.0823 e. The van der Waals surface area contributed by atoms with Gasteiger partial charge in [-0.05, 0) is 44.5 Å². The Balaban J connectivity index is 0.000000231. The van der Waals surface area contributed by atoms with E-state index in [1.807, 2.05) is 0 Å². The van der Waals surface area contributed by atoms with Crippen molar-refractivity contribution in [1.82, 2.24) is 0 Å². The van der Waals surface area contributed by atoms with Crippen LogP contribution < -0.4 is 0 Å². The first-order valence-electron chi connectivity index (χ1n) is 8.90. The van der Waals surface area contributed by atoms with Crippen LogP contribution in [0.2, 0.25) is 0 Å². The molecule has 0 N–H and O–H groups in total. The molecule has 2 aliphatic rings. The molecule has 186 valence electrons. The minimum absolute atomic E-state index is 0. The fourth-order valence-electron chi connectivity index (χ4n) is 3.49. The van der Waals surface area contributed by atoms with E-state index >= 15 is 0 Å². The van der Waals surface area contributed by atoms with Gasteiger partial charge in [-0.1, -0.05) is 215 Å². The zero-order valence-corrected chi connectivity index (χ0v) is 35.8. The Kier molecular flexibility index (Phi) is 14.9. The first kappa shape index (κ1) is 33.9. The van der Waals surface area contributed by atoms with E-state index in [-0.39, 0.29) is 31.4 Å². The molecular weight excluding hydrogens is 1260 g/mol. The van der Waals surface area contributed by atoms with Gasteiger partial charge < -0.3 is 0 Å². The smallest absolute Gasteiger partial charge is 0.0823 e. The maximum atomic E-state index is 3.67. The average Bonchev–Trinajstić information content (AvgIpc) is 2.75. The van der Waals surface area contributed by atoms with Crippen LogP contribution in [-0.4, -0.2) is 0 Å². The third-order valence-corrected chi connectivity index (χ3v) is 14.7. The van der Waals surface area contributed by atoms with Crippen LogP contribution in [0.25, 0.3) is 0 Å². The Morgan fingerprint density at radius 2 is 0.576 bits per heavy atom. The molecule has 0 heterocycles.